The number of hydrogen-bond donors (Lipinski definition) is 2. The Morgan fingerprint density at radius 2 is 2.25 bits per heavy atom. The molecule has 4 nitrogen and oxygen atoms in total. The van der Waals surface area contributed by atoms with Crippen molar-refractivity contribution in [3.05, 3.63) is 22.4 Å². The third-order valence-corrected chi connectivity index (χ3v) is 4.49. The summed E-state index contributed by atoms with van der Waals surface area (Å²) in [6.07, 6.45) is 2.71. The van der Waals surface area contributed by atoms with Gasteiger partial charge in [-0.3, -0.25) is 9.89 Å². The van der Waals surface area contributed by atoms with Gasteiger partial charge in [0.1, 0.15) is 0 Å². The molecule has 2 N–H and O–H groups in total. The molecule has 0 amide bonds. The van der Waals surface area contributed by atoms with Gasteiger partial charge in [0.2, 0.25) is 0 Å². The van der Waals surface area contributed by atoms with Gasteiger partial charge >= 0.3 is 0 Å². The van der Waals surface area contributed by atoms with E-state index in [2.05, 4.69) is 52.0 Å². The normalized spacial score (nSPS) is 16.7. The van der Waals surface area contributed by atoms with Crippen molar-refractivity contribution >= 4 is 41.3 Å². The lowest BCUT2D eigenvalue weighted by molar-refractivity contribution is 0.247. The van der Waals surface area contributed by atoms with Crippen molar-refractivity contribution in [2.45, 2.75) is 38.4 Å². The molecule has 1 atom stereocenters. The van der Waals surface area contributed by atoms with Gasteiger partial charge in [-0.2, -0.15) is 0 Å². The number of nitrogens with zero attached hydrogens (tertiary/aromatic N) is 2. The van der Waals surface area contributed by atoms with E-state index in [1.807, 2.05) is 7.05 Å². The first-order valence-electron chi connectivity index (χ1n) is 6.89. The van der Waals surface area contributed by atoms with Crippen LogP contribution in [0.4, 0.5) is 0 Å². The van der Waals surface area contributed by atoms with Gasteiger partial charge < -0.3 is 10.6 Å². The third-order valence-electron chi connectivity index (χ3n) is 3.62. The number of hydrogen-bond acceptors (Lipinski definition) is 3. The van der Waals surface area contributed by atoms with E-state index in [1.165, 1.54) is 17.7 Å². The first-order valence-corrected chi connectivity index (χ1v) is 7.77. The van der Waals surface area contributed by atoms with Crippen LogP contribution >= 0.6 is 35.3 Å². The first kappa shape index (κ1) is 17.7. The highest BCUT2D eigenvalue weighted by Crippen LogP contribution is 2.26. The number of nitrogens with one attached hydrogen (secondary N) is 2. The van der Waals surface area contributed by atoms with E-state index < -0.39 is 0 Å². The summed E-state index contributed by atoms with van der Waals surface area (Å²) in [5.74, 6) is 0.879. The van der Waals surface area contributed by atoms with E-state index in [0.29, 0.717) is 6.04 Å². The molecule has 0 radical (unpaired) electrons. The SMILES string of the molecule is CN=C(NCc1cccs1)NCC(C)N(C)C1CC1.I. The highest BCUT2D eigenvalue weighted by atomic mass is 127. The molecule has 1 aliphatic rings. The Balaban J connectivity index is 0.00000200. The third kappa shape index (κ3) is 5.57. The molecule has 0 bridgehead atoms. The lowest BCUT2D eigenvalue weighted by atomic mass is 10.3. The molecular weight excluding hydrogens is 383 g/mol. The number of likely N-dealkylation sites (N-methyl/N-ethyl adjacent to an activating group) is 1. The number of guanidine groups is 1. The largest absolute Gasteiger partial charge is 0.355 e. The predicted molar refractivity (Wildman–Crippen MR) is 98.2 cm³/mol. The van der Waals surface area contributed by atoms with Crippen LogP contribution < -0.4 is 10.6 Å². The summed E-state index contributed by atoms with van der Waals surface area (Å²) in [7, 11) is 4.03. The summed E-state index contributed by atoms with van der Waals surface area (Å²) in [4.78, 5) is 8.04. The van der Waals surface area contributed by atoms with Crippen molar-refractivity contribution < 1.29 is 0 Å². The van der Waals surface area contributed by atoms with Gasteiger partial charge in [0, 0.05) is 30.6 Å². The molecule has 1 aliphatic carbocycles. The Morgan fingerprint density at radius 1 is 1.50 bits per heavy atom. The van der Waals surface area contributed by atoms with Gasteiger partial charge in [-0.25, -0.2) is 0 Å². The molecule has 0 aromatic carbocycles. The van der Waals surface area contributed by atoms with E-state index >= 15 is 0 Å². The standard InChI is InChI=1S/C14H24N4S.HI/c1-11(18(3)12-6-7-12)9-16-14(15-2)17-10-13-5-4-8-19-13;/h4-5,8,11-12H,6-7,9-10H2,1-3H3,(H2,15,16,17);1H. The van der Waals surface area contributed by atoms with E-state index in [1.54, 1.807) is 11.3 Å². The van der Waals surface area contributed by atoms with E-state index in [0.717, 1.165) is 25.1 Å². The molecule has 0 spiro atoms. The fourth-order valence-electron chi connectivity index (χ4n) is 2.03. The second kappa shape index (κ2) is 8.84. The fraction of sp³-hybridized carbons (Fsp3) is 0.643. The summed E-state index contributed by atoms with van der Waals surface area (Å²) in [6.45, 7) is 4.03. The summed E-state index contributed by atoms with van der Waals surface area (Å²) in [5, 5.41) is 8.84. The Morgan fingerprint density at radius 3 is 2.80 bits per heavy atom. The van der Waals surface area contributed by atoms with Crippen molar-refractivity contribution in [2.24, 2.45) is 4.99 Å². The Labute approximate surface area is 143 Å². The predicted octanol–water partition coefficient (Wildman–Crippen LogP) is 2.51. The smallest absolute Gasteiger partial charge is 0.191 e. The minimum absolute atomic E-state index is 0. The molecule has 6 heteroatoms. The molecule has 1 aromatic rings. The average Bonchev–Trinajstić information content (AvgIpc) is 3.15. The molecule has 1 saturated carbocycles. The second-order valence-electron chi connectivity index (χ2n) is 5.13. The summed E-state index contributed by atoms with van der Waals surface area (Å²) < 4.78 is 0. The fourth-order valence-corrected chi connectivity index (χ4v) is 2.68. The van der Waals surface area contributed by atoms with Gasteiger partial charge in [0.05, 0.1) is 6.54 Å². The second-order valence-corrected chi connectivity index (χ2v) is 6.16. The molecule has 114 valence electrons. The van der Waals surface area contributed by atoms with Gasteiger partial charge in [-0.05, 0) is 38.3 Å². The van der Waals surface area contributed by atoms with Crippen LogP contribution in [-0.2, 0) is 6.54 Å². The van der Waals surface area contributed by atoms with Crippen molar-refractivity contribution in [3.8, 4) is 0 Å². The summed E-state index contributed by atoms with van der Waals surface area (Å²) in [5.41, 5.74) is 0. The molecule has 0 saturated heterocycles. The van der Waals surface area contributed by atoms with Crippen molar-refractivity contribution in [1.82, 2.24) is 15.5 Å². The van der Waals surface area contributed by atoms with Crippen LogP contribution in [0.5, 0.6) is 0 Å². The van der Waals surface area contributed by atoms with Crippen LogP contribution in [0.15, 0.2) is 22.5 Å². The van der Waals surface area contributed by atoms with Crippen LogP contribution in [0.3, 0.4) is 0 Å². The Kier molecular flexibility index (Phi) is 7.83. The zero-order valence-electron chi connectivity index (χ0n) is 12.4. The minimum Gasteiger partial charge on any atom is -0.355 e. The summed E-state index contributed by atoms with van der Waals surface area (Å²) in [6, 6.07) is 5.55. The molecule has 1 heterocycles. The zero-order chi connectivity index (χ0) is 13.7. The quantitative estimate of drug-likeness (QED) is 0.432. The van der Waals surface area contributed by atoms with E-state index in [-0.39, 0.29) is 24.0 Å². The molecule has 20 heavy (non-hydrogen) atoms. The Bertz CT molecular complexity index is 403. The van der Waals surface area contributed by atoms with Gasteiger partial charge in [-0.15, -0.1) is 35.3 Å². The molecule has 2 rings (SSSR count). The topological polar surface area (TPSA) is 39.7 Å². The molecule has 1 fully saturated rings. The van der Waals surface area contributed by atoms with Crippen LogP contribution in [0.2, 0.25) is 0 Å². The highest BCUT2D eigenvalue weighted by Gasteiger charge is 2.28. The van der Waals surface area contributed by atoms with E-state index in [9.17, 15) is 0 Å². The molecule has 0 aliphatic heterocycles. The van der Waals surface area contributed by atoms with Gasteiger partial charge in [0.15, 0.2) is 5.96 Å². The summed E-state index contributed by atoms with van der Waals surface area (Å²) >= 11 is 1.76. The number of aliphatic imine (C=N–C) groups is 1. The zero-order valence-corrected chi connectivity index (χ0v) is 15.6. The molecule has 1 unspecified atom stereocenters. The maximum atomic E-state index is 4.26. The number of rotatable bonds is 6. The van der Waals surface area contributed by atoms with Crippen LogP contribution in [-0.4, -0.2) is 43.6 Å². The monoisotopic (exact) mass is 408 g/mol. The van der Waals surface area contributed by atoms with Crippen LogP contribution in [0, 0.1) is 0 Å². The first-order chi connectivity index (χ1) is 9.20. The van der Waals surface area contributed by atoms with Gasteiger partial charge in [0.25, 0.3) is 0 Å². The lowest BCUT2D eigenvalue weighted by Gasteiger charge is -2.25. The average molecular weight is 408 g/mol. The van der Waals surface area contributed by atoms with E-state index in [4.69, 9.17) is 0 Å². The number of thiophene rings is 1. The van der Waals surface area contributed by atoms with Crippen LogP contribution in [0.1, 0.15) is 24.6 Å². The molecular formula is C14H25IN4S. The minimum atomic E-state index is 0. The van der Waals surface area contributed by atoms with Gasteiger partial charge in [-0.1, -0.05) is 6.07 Å². The lowest BCUT2D eigenvalue weighted by Crippen LogP contribution is -2.45. The van der Waals surface area contributed by atoms with Crippen molar-refractivity contribution in [3.63, 3.8) is 0 Å². The van der Waals surface area contributed by atoms with Crippen molar-refractivity contribution in [1.29, 1.82) is 0 Å². The van der Waals surface area contributed by atoms with Crippen molar-refractivity contribution in [2.75, 3.05) is 20.6 Å². The molecule has 1 aromatic heterocycles. The number of halogens is 1. The Hall–Kier alpha value is -0.340. The maximum absolute atomic E-state index is 4.26. The maximum Gasteiger partial charge on any atom is 0.191 e. The highest BCUT2D eigenvalue weighted by molar-refractivity contribution is 14.0. The van der Waals surface area contributed by atoms with Crippen LogP contribution in [0.25, 0.3) is 0 Å².